The molecule has 1 fully saturated rings. The molecule has 2 aliphatic rings. The number of carbonyl (C=O) groups is 1. The zero-order valence-electron chi connectivity index (χ0n) is 18.0. The molecule has 0 spiro atoms. The molecule has 2 aromatic heterocycles. The Hall–Kier alpha value is -2.80. The van der Waals surface area contributed by atoms with Crippen LogP contribution in [0.5, 0.6) is 0 Å². The quantitative estimate of drug-likeness (QED) is 0.626. The van der Waals surface area contributed by atoms with Crippen LogP contribution in [0.3, 0.4) is 0 Å². The Morgan fingerprint density at radius 3 is 2.60 bits per heavy atom. The third-order valence-corrected chi connectivity index (χ3v) is 6.06. The molecule has 0 saturated heterocycles. The van der Waals surface area contributed by atoms with Gasteiger partial charge in [0.05, 0.1) is 5.57 Å². The van der Waals surface area contributed by atoms with E-state index in [2.05, 4.69) is 51.2 Å². The van der Waals surface area contributed by atoms with Crippen molar-refractivity contribution in [1.29, 1.82) is 0 Å². The van der Waals surface area contributed by atoms with Gasteiger partial charge in [-0.15, -0.1) is 0 Å². The van der Waals surface area contributed by atoms with Crippen LogP contribution < -0.4 is 5.43 Å². The Labute approximate surface area is 177 Å². The number of aromatic amines is 1. The molecule has 7 heteroatoms. The van der Waals surface area contributed by atoms with Crippen molar-refractivity contribution in [1.82, 2.24) is 25.3 Å². The molecule has 0 unspecified atom stereocenters. The number of amides is 1. The van der Waals surface area contributed by atoms with Crippen molar-refractivity contribution in [3.63, 3.8) is 0 Å². The molecule has 7 nitrogen and oxygen atoms in total. The van der Waals surface area contributed by atoms with Gasteiger partial charge in [0, 0.05) is 29.3 Å². The van der Waals surface area contributed by atoms with Crippen LogP contribution in [-0.4, -0.2) is 51.1 Å². The summed E-state index contributed by atoms with van der Waals surface area (Å²) >= 11 is 0. The van der Waals surface area contributed by atoms with Crippen LogP contribution in [0.1, 0.15) is 67.1 Å². The van der Waals surface area contributed by atoms with Gasteiger partial charge >= 0.3 is 0 Å². The van der Waals surface area contributed by atoms with Crippen molar-refractivity contribution < 1.29 is 4.79 Å². The van der Waals surface area contributed by atoms with E-state index in [1.54, 1.807) is 12.4 Å². The SMILES string of the molecule is CCN(CC)CCCc1c(C)[nH]c(/C=C2/C(=O)NN=C2c2cncnc2)c1C1CC1. The number of hydrazone groups is 1. The highest BCUT2D eigenvalue weighted by Crippen LogP contribution is 2.45. The Morgan fingerprint density at radius 2 is 1.93 bits per heavy atom. The van der Waals surface area contributed by atoms with Gasteiger partial charge in [-0.2, -0.15) is 5.10 Å². The molecule has 2 aromatic rings. The predicted molar refractivity (Wildman–Crippen MR) is 118 cm³/mol. The minimum Gasteiger partial charge on any atom is -0.359 e. The molecule has 1 amide bonds. The van der Waals surface area contributed by atoms with Gasteiger partial charge in [-0.05, 0) is 75.4 Å². The van der Waals surface area contributed by atoms with Crippen LogP contribution in [-0.2, 0) is 11.2 Å². The maximum Gasteiger partial charge on any atom is 0.273 e. The van der Waals surface area contributed by atoms with Crippen molar-refractivity contribution in [2.45, 2.75) is 52.4 Å². The lowest BCUT2D eigenvalue weighted by Gasteiger charge is -2.17. The Morgan fingerprint density at radius 1 is 1.20 bits per heavy atom. The highest BCUT2D eigenvalue weighted by Gasteiger charge is 2.32. The summed E-state index contributed by atoms with van der Waals surface area (Å²) in [6, 6.07) is 0. The average Bonchev–Trinajstić information content (AvgIpc) is 3.47. The number of carbonyl (C=O) groups excluding carboxylic acids is 1. The maximum absolute atomic E-state index is 12.5. The van der Waals surface area contributed by atoms with Gasteiger partial charge < -0.3 is 9.88 Å². The van der Waals surface area contributed by atoms with Crippen LogP contribution in [0, 0.1) is 6.92 Å². The van der Waals surface area contributed by atoms with Crippen molar-refractivity contribution in [3.8, 4) is 0 Å². The second-order valence-electron chi connectivity index (χ2n) is 8.05. The largest absolute Gasteiger partial charge is 0.359 e. The first-order chi connectivity index (χ1) is 14.6. The summed E-state index contributed by atoms with van der Waals surface area (Å²) in [4.78, 5) is 26.7. The van der Waals surface area contributed by atoms with E-state index >= 15 is 0 Å². The molecule has 30 heavy (non-hydrogen) atoms. The van der Waals surface area contributed by atoms with Gasteiger partial charge in [0.1, 0.15) is 12.0 Å². The fraction of sp³-hybridized carbons (Fsp3) is 0.478. The minimum atomic E-state index is -0.189. The molecular weight excluding hydrogens is 376 g/mol. The van der Waals surface area contributed by atoms with Crippen LogP contribution in [0.25, 0.3) is 6.08 Å². The first kappa shape index (κ1) is 20.5. The van der Waals surface area contributed by atoms with E-state index in [1.165, 1.54) is 36.0 Å². The van der Waals surface area contributed by atoms with E-state index < -0.39 is 0 Å². The van der Waals surface area contributed by atoms with E-state index in [0.717, 1.165) is 43.7 Å². The number of hydrogen-bond acceptors (Lipinski definition) is 5. The zero-order chi connectivity index (χ0) is 21.1. The van der Waals surface area contributed by atoms with Gasteiger partial charge in [0.2, 0.25) is 0 Å². The zero-order valence-corrected chi connectivity index (χ0v) is 18.0. The third-order valence-electron chi connectivity index (χ3n) is 6.06. The number of H-pyrrole nitrogens is 1. The molecule has 3 heterocycles. The van der Waals surface area contributed by atoms with Gasteiger partial charge in [-0.3, -0.25) is 4.79 Å². The highest BCUT2D eigenvalue weighted by atomic mass is 16.2. The van der Waals surface area contributed by atoms with Crippen molar-refractivity contribution in [3.05, 3.63) is 52.4 Å². The fourth-order valence-corrected chi connectivity index (χ4v) is 4.26. The molecule has 1 aliphatic heterocycles. The summed E-state index contributed by atoms with van der Waals surface area (Å²) in [7, 11) is 0. The highest BCUT2D eigenvalue weighted by molar-refractivity contribution is 6.33. The smallest absolute Gasteiger partial charge is 0.273 e. The maximum atomic E-state index is 12.5. The number of rotatable bonds is 9. The first-order valence-electron chi connectivity index (χ1n) is 10.9. The topological polar surface area (TPSA) is 86.3 Å². The number of aromatic nitrogens is 3. The summed E-state index contributed by atoms with van der Waals surface area (Å²) in [5.41, 5.74) is 9.55. The second-order valence-corrected chi connectivity index (χ2v) is 8.05. The summed E-state index contributed by atoms with van der Waals surface area (Å²) in [5.74, 6) is 0.404. The van der Waals surface area contributed by atoms with Gasteiger partial charge in [-0.1, -0.05) is 13.8 Å². The number of nitrogens with one attached hydrogen (secondary N) is 2. The van der Waals surface area contributed by atoms with E-state index in [0.29, 0.717) is 17.2 Å². The van der Waals surface area contributed by atoms with Crippen molar-refractivity contribution in [2.75, 3.05) is 19.6 Å². The molecule has 0 atom stereocenters. The van der Waals surface area contributed by atoms with Crippen molar-refractivity contribution in [2.24, 2.45) is 5.10 Å². The first-order valence-corrected chi connectivity index (χ1v) is 10.9. The molecule has 158 valence electrons. The van der Waals surface area contributed by atoms with E-state index in [1.807, 2.05) is 6.08 Å². The Balaban J connectivity index is 1.63. The molecule has 2 N–H and O–H groups in total. The number of hydrogen-bond donors (Lipinski definition) is 2. The number of nitrogens with zero attached hydrogens (tertiary/aromatic N) is 4. The van der Waals surface area contributed by atoms with Crippen LogP contribution in [0.2, 0.25) is 0 Å². The van der Waals surface area contributed by atoms with Crippen LogP contribution in [0.4, 0.5) is 0 Å². The Kier molecular flexibility index (Phi) is 6.08. The molecule has 0 bridgehead atoms. The van der Waals surface area contributed by atoms with Gasteiger partial charge in [0.25, 0.3) is 5.91 Å². The van der Waals surface area contributed by atoms with Crippen LogP contribution in [0.15, 0.2) is 29.4 Å². The molecule has 1 aliphatic carbocycles. The van der Waals surface area contributed by atoms with Crippen molar-refractivity contribution >= 4 is 17.7 Å². The summed E-state index contributed by atoms with van der Waals surface area (Å²) in [6.07, 6.45) is 11.4. The molecule has 0 aromatic carbocycles. The van der Waals surface area contributed by atoms with E-state index in [4.69, 9.17) is 0 Å². The monoisotopic (exact) mass is 406 g/mol. The lowest BCUT2D eigenvalue weighted by molar-refractivity contribution is -0.116. The van der Waals surface area contributed by atoms with Crippen LogP contribution >= 0.6 is 0 Å². The van der Waals surface area contributed by atoms with Gasteiger partial charge in [-0.25, -0.2) is 15.4 Å². The normalized spacial score (nSPS) is 17.7. The second kappa shape index (κ2) is 8.92. The number of aryl methyl sites for hydroxylation is 1. The summed E-state index contributed by atoms with van der Waals surface area (Å²) in [6.45, 7) is 9.88. The summed E-state index contributed by atoms with van der Waals surface area (Å²) < 4.78 is 0. The standard InChI is InChI=1S/C23H30N6O/c1-4-29(5-2)10-6-7-18-15(3)26-20(21(18)16-8-9-16)11-19-22(27-28-23(19)30)17-12-24-14-25-13-17/h11-14,16,26H,4-10H2,1-3H3,(H,28,30)/b19-11+. The fourth-order valence-electron chi connectivity index (χ4n) is 4.26. The third kappa shape index (κ3) is 4.21. The van der Waals surface area contributed by atoms with E-state index in [9.17, 15) is 4.79 Å². The molecular formula is C23H30N6O. The summed E-state index contributed by atoms with van der Waals surface area (Å²) in [5, 5.41) is 4.22. The molecule has 1 saturated carbocycles. The lowest BCUT2D eigenvalue weighted by Crippen LogP contribution is -2.24. The predicted octanol–water partition coefficient (Wildman–Crippen LogP) is 3.18. The van der Waals surface area contributed by atoms with Gasteiger partial charge in [0.15, 0.2) is 0 Å². The minimum absolute atomic E-state index is 0.189. The average molecular weight is 407 g/mol. The van der Waals surface area contributed by atoms with E-state index in [-0.39, 0.29) is 5.91 Å². The molecule has 4 rings (SSSR count). The Bertz CT molecular complexity index is 967. The molecule has 0 radical (unpaired) electrons. The lowest BCUT2D eigenvalue weighted by atomic mass is 9.97.